The Hall–Kier alpha value is -0.930. The van der Waals surface area contributed by atoms with Crippen molar-refractivity contribution in [2.45, 2.75) is 45.1 Å². The van der Waals surface area contributed by atoms with Gasteiger partial charge in [0.2, 0.25) is 0 Å². The molecular weight excluding hydrogens is 203 g/mol. The van der Waals surface area contributed by atoms with Crippen LogP contribution in [0.1, 0.15) is 50.6 Å². The van der Waals surface area contributed by atoms with Gasteiger partial charge >= 0.3 is 0 Å². The molecule has 0 aromatic heterocycles. The van der Waals surface area contributed by atoms with Crippen molar-refractivity contribution in [3.8, 4) is 0 Å². The lowest BCUT2D eigenvalue weighted by molar-refractivity contribution is 0.479. The third-order valence-corrected chi connectivity index (χ3v) is 2.80. The Kier molecular flexibility index (Phi) is 6.04. The zero-order valence-electron chi connectivity index (χ0n) is 9.88. The monoisotopic (exact) mass is 224 g/mol. The summed E-state index contributed by atoms with van der Waals surface area (Å²) in [6, 6.07) is 6.69. The highest BCUT2D eigenvalue weighted by Crippen LogP contribution is 2.19. The summed E-state index contributed by atoms with van der Waals surface area (Å²) in [5, 5.41) is 0. The molecule has 0 bridgehead atoms. The van der Waals surface area contributed by atoms with Crippen molar-refractivity contribution in [3.05, 3.63) is 35.6 Å². The van der Waals surface area contributed by atoms with E-state index in [4.69, 9.17) is 5.84 Å². The molecule has 0 fully saturated rings. The Morgan fingerprint density at radius 1 is 1.31 bits per heavy atom. The van der Waals surface area contributed by atoms with E-state index >= 15 is 0 Å². The topological polar surface area (TPSA) is 38.0 Å². The zero-order chi connectivity index (χ0) is 11.8. The van der Waals surface area contributed by atoms with E-state index in [1.807, 2.05) is 6.07 Å². The fourth-order valence-electron chi connectivity index (χ4n) is 1.84. The molecule has 1 aromatic carbocycles. The van der Waals surface area contributed by atoms with Crippen molar-refractivity contribution in [1.82, 2.24) is 5.43 Å². The maximum atomic E-state index is 13.0. The molecule has 1 unspecified atom stereocenters. The highest BCUT2D eigenvalue weighted by atomic mass is 19.1. The molecule has 3 heteroatoms. The van der Waals surface area contributed by atoms with Gasteiger partial charge in [-0.05, 0) is 24.1 Å². The molecule has 2 nitrogen and oxygen atoms in total. The number of nitrogens with one attached hydrogen (secondary N) is 1. The molecule has 0 spiro atoms. The van der Waals surface area contributed by atoms with Crippen LogP contribution in [0.4, 0.5) is 4.39 Å². The second-order valence-corrected chi connectivity index (χ2v) is 4.12. The first-order valence-electron chi connectivity index (χ1n) is 5.99. The Balaban J connectivity index is 2.47. The Labute approximate surface area is 97.0 Å². The van der Waals surface area contributed by atoms with Crippen LogP contribution in [0, 0.1) is 5.82 Å². The lowest BCUT2D eigenvalue weighted by Gasteiger charge is -2.16. The number of nitrogens with two attached hydrogens (primary N) is 1. The number of hydrogen-bond donors (Lipinski definition) is 2. The molecule has 0 saturated carbocycles. The van der Waals surface area contributed by atoms with Gasteiger partial charge in [-0.25, -0.2) is 4.39 Å². The molecule has 1 atom stereocenters. The molecule has 0 aliphatic rings. The number of halogens is 1. The largest absolute Gasteiger partial charge is 0.271 e. The van der Waals surface area contributed by atoms with Crippen LogP contribution in [0.5, 0.6) is 0 Å². The third kappa shape index (κ3) is 4.29. The van der Waals surface area contributed by atoms with Gasteiger partial charge in [0, 0.05) is 6.04 Å². The Bertz CT molecular complexity index is 302. The SMILES string of the molecule is CCCCCCC(NN)c1cccc(F)c1. The van der Waals surface area contributed by atoms with Crippen molar-refractivity contribution in [2.75, 3.05) is 0 Å². The quantitative estimate of drug-likeness (QED) is 0.423. The van der Waals surface area contributed by atoms with Crippen LogP contribution in [-0.2, 0) is 0 Å². The maximum absolute atomic E-state index is 13.0. The fourth-order valence-corrected chi connectivity index (χ4v) is 1.84. The van der Waals surface area contributed by atoms with Crippen LogP contribution >= 0.6 is 0 Å². The normalized spacial score (nSPS) is 12.7. The summed E-state index contributed by atoms with van der Waals surface area (Å²) >= 11 is 0. The molecule has 0 amide bonds. The molecule has 16 heavy (non-hydrogen) atoms. The smallest absolute Gasteiger partial charge is 0.123 e. The first kappa shape index (κ1) is 13.1. The Morgan fingerprint density at radius 3 is 2.75 bits per heavy atom. The van der Waals surface area contributed by atoms with Crippen molar-refractivity contribution in [3.63, 3.8) is 0 Å². The maximum Gasteiger partial charge on any atom is 0.123 e. The lowest BCUT2D eigenvalue weighted by Crippen LogP contribution is -2.28. The van der Waals surface area contributed by atoms with Crippen LogP contribution in [0.2, 0.25) is 0 Å². The van der Waals surface area contributed by atoms with Gasteiger partial charge in [0.05, 0.1) is 0 Å². The number of hydrogen-bond acceptors (Lipinski definition) is 2. The van der Waals surface area contributed by atoms with Crippen LogP contribution in [0.25, 0.3) is 0 Å². The van der Waals surface area contributed by atoms with E-state index in [9.17, 15) is 4.39 Å². The van der Waals surface area contributed by atoms with Crippen LogP contribution in [-0.4, -0.2) is 0 Å². The number of benzene rings is 1. The molecule has 1 rings (SSSR count). The van der Waals surface area contributed by atoms with Gasteiger partial charge in [0.25, 0.3) is 0 Å². The minimum atomic E-state index is -0.202. The van der Waals surface area contributed by atoms with Crippen LogP contribution in [0.15, 0.2) is 24.3 Å². The first-order valence-corrected chi connectivity index (χ1v) is 5.99. The molecule has 90 valence electrons. The second kappa shape index (κ2) is 7.36. The molecular formula is C13H21FN2. The standard InChI is InChI=1S/C13H21FN2/c1-2-3-4-5-9-13(16-15)11-7-6-8-12(14)10-11/h6-8,10,13,16H,2-5,9,15H2,1H3. The van der Waals surface area contributed by atoms with Crippen molar-refractivity contribution in [1.29, 1.82) is 0 Å². The van der Waals surface area contributed by atoms with Gasteiger partial charge in [-0.15, -0.1) is 0 Å². The van der Waals surface area contributed by atoms with Gasteiger partial charge in [0.1, 0.15) is 5.82 Å². The molecule has 0 aliphatic heterocycles. The minimum Gasteiger partial charge on any atom is -0.271 e. The number of rotatable bonds is 7. The van der Waals surface area contributed by atoms with E-state index in [2.05, 4.69) is 12.3 Å². The summed E-state index contributed by atoms with van der Waals surface area (Å²) in [5.41, 5.74) is 3.69. The average Bonchev–Trinajstić information content (AvgIpc) is 2.29. The average molecular weight is 224 g/mol. The lowest BCUT2D eigenvalue weighted by atomic mass is 10.0. The summed E-state index contributed by atoms with van der Waals surface area (Å²) in [5.74, 6) is 5.29. The van der Waals surface area contributed by atoms with E-state index < -0.39 is 0 Å². The van der Waals surface area contributed by atoms with Crippen molar-refractivity contribution >= 4 is 0 Å². The van der Waals surface area contributed by atoms with Gasteiger partial charge in [-0.1, -0.05) is 44.7 Å². The predicted molar refractivity (Wildman–Crippen MR) is 65.2 cm³/mol. The zero-order valence-corrected chi connectivity index (χ0v) is 9.88. The third-order valence-electron chi connectivity index (χ3n) is 2.80. The molecule has 1 aromatic rings. The highest BCUT2D eigenvalue weighted by Gasteiger charge is 2.09. The van der Waals surface area contributed by atoms with Gasteiger partial charge in [-0.3, -0.25) is 11.3 Å². The molecule has 0 aliphatic carbocycles. The Morgan fingerprint density at radius 2 is 2.12 bits per heavy atom. The fraction of sp³-hybridized carbons (Fsp3) is 0.538. The second-order valence-electron chi connectivity index (χ2n) is 4.12. The van der Waals surface area contributed by atoms with E-state index in [0.29, 0.717) is 0 Å². The van der Waals surface area contributed by atoms with E-state index in [1.165, 1.54) is 25.3 Å². The van der Waals surface area contributed by atoms with Gasteiger partial charge < -0.3 is 0 Å². The van der Waals surface area contributed by atoms with Crippen molar-refractivity contribution < 1.29 is 4.39 Å². The summed E-state index contributed by atoms with van der Waals surface area (Å²) in [4.78, 5) is 0. The van der Waals surface area contributed by atoms with Crippen molar-refractivity contribution in [2.24, 2.45) is 5.84 Å². The first-order chi connectivity index (χ1) is 7.77. The molecule has 3 N–H and O–H groups in total. The van der Waals surface area contributed by atoms with Gasteiger partial charge in [-0.2, -0.15) is 0 Å². The van der Waals surface area contributed by atoms with E-state index in [0.717, 1.165) is 18.4 Å². The van der Waals surface area contributed by atoms with Gasteiger partial charge in [0.15, 0.2) is 0 Å². The summed E-state index contributed by atoms with van der Waals surface area (Å²) in [7, 11) is 0. The summed E-state index contributed by atoms with van der Waals surface area (Å²) < 4.78 is 13.0. The minimum absolute atomic E-state index is 0.0626. The molecule has 0 radical (unpaired) electrons. The van der Waals surface area contributed by atoms with E-state index in [-0.39, 0.29) is 11.9 Å². The summed E-state index contributed by atoms with van der Waals surface area (Å²) in [6.07, 6.45) is 5.77. The van der Waals surface area contributed by atoms with Crippen LogP contribution < -0.4 is 11.3 Å². The predicted octanol–water partition coefficient (Wildman–Crippen LogP) is 3.30. The summed E-state index contributed by atoms with van der Waals surface area (Å²) in [6.45, 7) is 2.19. The number of hydrazine groups is 1. The van der Waals surface area contributed by atoms with E-state index in [1.54, 1.807) is 12.1 Å². The highest BCUT2D eigenvalue weighted by molar-refractivity contribution is 5.19. The number of unbranched alkanes of at least 4 members (excludes halogenated alkanes) is 3. The van der Waals surface area contributed by atoms with Crippen LogP contribution in [0.3, 0.4) is 0 Å². The molecule has 0 heterocycles. The molecule has 0 saturated heterocycles.